The molecule has 1 heterocycles. The SMILES string of the molecule is CCCCOC(=O)N1CC(CNC2CC2)C1. The quantitative estimate of drug-likeness (QED) is 0.700. The summed E-state index contributed by atoms with van der Waals surface area (Å²) < 4.78 is 5.14. The van der Waals surface area contributed by atoms with Gasteiger partial charge in [-0.25, -0.2) is 4.79 Å². The largest absolute Gasteiger partial charge is 0.449 e. The lowest BCUT2D eigenvalue weighted by molar-refractivity contribution is 0.0531. The normalized spacial score (nSPS) is 20.7. The molecule has 0 radical (unpaired) electrons. The van der Waals surface area contributed by atoms with Crippen LogP contribution in [0.5, 0.6) is 0 Å². The van der Waals surface area contributed by atoms with Gasteiger partial charge in [0.05, 0.1) is 6.61 Å². The summed E-state index contributed by atoms with van der Waals surface area (Å²) in [5.41, 5.74) is 0. The molecule has 2 fully saturated rings. The molecule has 2 aliphatic rings. The highest BCUT2D eigenvalue weighted by atomic mass is 16.6. The molecule has 1 N–H and O–H groups in total. The van der Waals surface area contributed by atoms with Gasteiger partial charge in [-0.15, -0.1) is 0 Å². The first kappa shape index (κ1) is 11.7. The zero-order valence-corrected chi connectivity index (χ0v) is 10.1. The summed E-state index contributed by atoms with van der Waals surface area (Å²) in [4.78, 5) is 13.3. The van der Waals surface area contributed by atoms with Crippen LogP contribution in [0.2, 0.25) is 0 Å². The summed E-state index contributed by atoms with van der Waals surface area (Å²) in [7, 11) is 0. The molecule has 92 valence electrons. The molecule has 1 saturated heterocycles. The van der Waals surface area contributed by atoms with Crippen LogP contribution in [0.1, 0.15) is 32.6 Å². The van der Waals surface area contributed by atoms with E-state index in [2.05, 4.69) is 12.2 Å². The van der Waals surface area contributed by atoms with Crippen molar-refractivity contribution in [1.82, 2.24) is 10.2 Å². The molecule has 0 aromatic carbocycles. The van der Waals surface area contributed by atoms with Crippen molar-refractivity contribution >= 4 is 6.09 Å². The van der Waals surface area contributed by atoms with Gasteiger partial charge in [-0.3, -0.25) is 0 Å². The lowest BCUT2D eigenvalue weighted by atomic mass is 10.0. The number of ether oxygens (including phenoxy) is 1. The van der Waals surface area contributed by atoms with Crippen LogP contribution in [0.3, 0.4) is 0 Å². The van der Waals surface area contributed by atoms with Gasteiger partial charge in [-0.05, 0) is 19.3 Å². The number of carbonyl (C=O) groups excluding carboxylic acids is 1. The summed E-state index contributed by atoms with van der Waals surface area (Å²) in [6.45, 7) is 5.45. The molecule has 0 atom stereocenters. The number of rotatable bonds is 6. The first-order valence-electron chi connectivity index (χ1n) is 6.44. The Morgan fingerprint density at radius 3 is 2.81 bits per heavy atom. The second kappa shape index (κ2) is 5.53. The highest BCUT2D eigenvalue weighted by molar-refractivity contribution is 5.68. The molecule has 2 rings (SSSR count). The number of unbranched alkanes of at least 4 members (excludes halogenated alkanes) is 1. The number of nitrogens with one attached hydrogen (secondary N) is 1. The number of nitrogens with zero attached hydrogens (tertiary/aromatic N) is 1. The van der Waals surface area contributed by atoms with Crippen molar-refractivity contribution in [3.63, 3.8) is 0 Å². The van der Waals surface area contributed by atoms with Crippen molar-refractivity contribution in [2.24, 2.45) is 5.92 Å². The fourth-order valence-electron chi connectivity index (χ4n) is 1.86. The van der Waals surface area contributed by atoms with Crippen molar-refractivity contribution in [3.8, 4) is 0 Å². The Kier molecular flexibility index (Phi) is 4.04. The predicted molar refractivity (Wildman–Crippen MR) is 62.3 cm³/mol. The lowest BCUT2D eigenvalue weighted by Crippen LogP contribution is -2.53. The van der Waals surface area contributed by atoms with Crippen LogP contribution in [0.4, 0.5) is 4.79 Å². The Morgan fingerprint density at radius 2 is 2.19 bits per heavy atom. The predicted octanol–water partition coefficient (Wildman–Crippen LogP) is 1.61. The molecule has 0 spiro atoms. The van der Waals surface area contributed by atoms with Gasteiger partial charge >= 0.3 is 6.09 Å². The Hall–Kier alpha value is -0.770. The van der Waals surface area contributed by atoms with Gasteiger partial charge in [-0.2, -0.15) is 0 Å². The minimum atomic E-state index is -0.129. The number of hydrogen-bond donors (Lipinski definition) is 1. The molecule has 0 aromatic rings. The van der Waals surface area contributed by atoms with E-state index < -0.39 is 0 Å². The van der Waals surface area contributed by atoms with Gasteiger partial charge in [-0.1, -0.05) is 13.3 Å². The highest BCUT2D eigenvalue weighted by Gasteiger charge is 2.32. The zero-order chi connectivity index (χ0) is 11.4. The third-order valence-electron chi connectivity index (χ3n) is 3.21. The summed E-state index contributed by atoms with van der Waals surface area (Å²) in [6.07, 6.45) is 4.56. The summed E-state index contributed by atoms with van der Waals surface area (Å²) in [6, 6.07) is 0.769. The maximum absolute atomic E-state index is 11.5. The van der Waals surface area contributed by atoms with Crippen LogP contribution < -0.4 is 5.32 Å². The van der Waals surface area contributed by atoms with E-state index in [-0.39, 0.29) is 6.09 Å². The monoisotopic (exact) mass is 226 g/mol. The number of likely N-dealkylation sites (tertiary alicyclic amines) is 1. The third kappa shape index (κ3) is 3.37. The van der Waals surface area contributed by atoms with E-state index >= 15 is 0 Å². The van der Waals surface area contributed by atoms with E-state index in [1.807, 2.05) is 0 Å². The Morgan fingerprint density at radius 1 is 1.44 bits per heavy atom. The molecule has 4 heteroatoms. The molecule has 1 saturated carbocycles. The van der Waals surface area contributed by atoms with Crippen LogP contribution in [-0.4, -0.2) is 43.3 Å². The van der Waals surface area contributed by atoms with Crippen molar-refractivity contribution in [2.45, 2.75) is 38.6 Å². The topological polar surface area (TPSA) is 41.6 Å². The van der Waals surface area contributed by atoms with E-state index in [1.165, 1.54) is 12.8 Å². The van der Waals surface area contributed by atoms with Gasteiger partial charge in [0.1, 0.15) is 0 Å². The molecule has 1 amide bonds. The minimum absolute atomic E-state index is 0.129. The van der Waals surface area contributed by atoms with Gasteiger partial charge in [0, 0.05) is 31.6 Å². The van der Waals surface area contributed by atoms with Crippen molar-refractivity contribution in [1.29, 1.82) is 0 Å². The van der Waals surface area contributed by atoms with Gasteiger partial charge < -0.3 is 15.0 Å². The third-order valence-corrected chi connectivity index (χ3v) is 3.21. The zero-order valence-electron chi connectivity index (χ0n) is 10.1. The van der Waals surface area contributed by atoms with E-state index in [0.29, 0.717) is 12.5 Å². The average molecular weight is 226 g/mol. The van der Waals surface area contributed by atoms with Crippen LogP contribution in [-0.2, 0) is 4.74 Å². The van der Waals surface area contributed by atoms with E-state index in [4.69, 9.17) is 4.74 Å². The van der Waals surface area contributed by atoms with Crippen LogP contribution in [0.25, 0.3) is 0 Å². The first-order valence-corrected chi connectivity index (χ1v) is 6.44. The molecule has 16 heavy (non-hydrogen) atoms. The number of amides is 1. The Labute approximate surface area is 97.3 Å². The Bertz CT molecular complexity index is 235. The smallest absolute Gasteiger partial charge is 0.409 e. The average Bonchev–Trinajstić information content (AvgIpc) is 2.99. The molecule has 0 bridgehead atoms. The summed E-state index contributed by atoms with van der Waals surface area (Å²) >= 11 is 0. The van der Waals surface area contributed by atoms with Gasteiger partial charge in [0.15, 0.2) is 0 Å². The second-order valence-electron chi connectivity index (χ2n) is 4.92. The van der Waals surface area contributed by atoms with Crippen LogP contribution in [0.15, 0.2) is 0 Å². The lowest BCUT2D eigenvalue weighted by Gasteiger charge is -2.38. The number of carbonyl (C=O) groups is 1. The summed E-state index contributed by atoms with van der Waals surface area (Å²) in [5.74, 6) is 0.638. The van der Waals surface area contributed by atoms with E-state index in [9.17, 15) is 4.79 Å². The second-order valence-corrected chi connectivity index (χ2v) is 4.92. The van der Waals surface area contributed by atoms with E-state index in [0.717, 1.165) is 38.5 Å². The maximum atomic E-state index is 11.5. The van der Waals surface area contributed by atoms with Crippen molar-refractivity contribution in [3.05, 3.63) is 0 Å². The van der Waals surface area contributed by atoms with Crippen molar-refractivity contribution < 1.29 is 9.53 Å². The highest BCUT2D eigenvalue weighted by Crippen LogP contribution is 2.21. The molecular weight excluding hydrogens is 204 g/mol. The maximum Gasteiger partial charge on any atom is 0.409 e. The Balaban J connectivity index is 1.50. The van der Waals surface area contributed by atoms with Gasteiger partial charge in [0.25, 0.3) is 0 Å². The van der Waals surface area contributed by atoms with Crippen LogP contribution in [0, 0.1) is 5.92 Å². The van der Waals surface area contributed by atoms with Crippen LogP contribution >= 0.6 is 0 Å². The molecule has 0 aromatic heterocycles. The summed E-state index contributed by atoms with van der Waals surface area (Å²) in [5, 5.41) is 3.49. The standard InChI is InChI=1S/C12H22N2O2/c1-2-3-6-16-12(15)14-8-10(9-14)7-13-11-4-5-11/h10-11,13H,2-9H2,1H3. The molecular formula is C12H22N2O2. The molecule has 1 aliphatic carbocycles. The fourth-order valence-corrected chi connectivity index (χ4v) is 1.86. The minimum Gasteiger partial charge on any atom is -0.449 e. The van der Waals surface area contributed by atoms with Gasteiger partial charge in [0.2, 0.25) is 0 Å². The molecule has 1 aliphatic heterocycles. The first-order chi connectivity index (χ1) is 7.79. The number of hydrogen-bond acceptors (Lipinski definition) is 3. The fraction of sp³-hybridized carbons (Fsp3) is 0.917. The van der Waals surface area contributed by atoms with E-state index in [1.54, 1.807) is 4.90 Å². The molecule has 4 nitrogen and oxygen atoms in total. The van der Waals surface area contributed by atoms with Crippen molar-refractivity contribution in [2.75, 3.05) is 26.2 Å². The molecule has 0 unspecified atom stereocenters.